The van der Waals surface area contributed by atoms with E-state index < -0.39 is 0 Å². The molecule has 0 amide bonds. The van der Waals surface area contributed by atoms with Crippen molar-refractivity contribution < 1.29 is 0 Å². The molecular weight excluding hydrogens is 262 g/mol. The molecule has 2 N–H and O–H groups in total. The molecule has 5 nitrogen and oxygen atoms in total. The molecule has 1 fully saturated rings. The first kappa shape index (κ1) is 14.2. The Balaban J connectivity index is 1.66. The minimum absolute atomic E-state index is 0.797. The average molecular weight is 285 g/mol. The number of benzene rings is 1. The minimum atomic E-state index is 0.797. The third-order valence-corrected chi connectivity index (χ3v) is 4.15. The first-order chi connectivity index (χ1) is 10.4. The smallest absolute Gasteiger partial charge is 0.159 e. The van der Waals surface area contributed by atoms with Crippen LogP contribution in [0.2, 0.25) is 0 Å². The van der Waals surface area contributed by atoms with Crippen LogP contribution in [0.25, 0.3) is 10.8 Å². The van der Waals surface area contributed by atoms with E-state index in [1.54, 1.807) is 0 Å². The van der Waals surface area contributed by atoms with Gasteiger partial charge in [0.05, 0.1) is 6.20 Å². The van der Waals surface area contributed by atoms with E-state index in [9.17, 15) is 0 Å². The zero-order chi connectivity index (χ0) is 14.5. The van der Waals surface area contributed by atoms with Gasteiger partial charge in [0.15, 0.2) is 5.82 Å². The maximum Gasteiger partial charge on any atom is 0.159 e. The molecule has 1 saturated heterocycles. The topological polar surface area (TPSA) is 58.3 Å². The Kier molecular flexibility index (Phi) is 4.62. The van der Waals surface area contributed by atoms with Crippen molar-refractivity contribution in [1.82, 2.24) is 15.1 Å². The van der Waals surface area contributed by atoms with E-state index in [0.717, 1.165) is 56.9 Å². The first-order valence-corrected chi connectivity index (χ1v) is 7.76. The van der Waals surface area contributed by atoms with E-state index in [1.165, 1.54) is 11.8 Å². The van der Waals surface area contributed by atoms with Gasteiger partial charge in [-0.15, -0.1) is 5.10 Å². The minimum Gasteiger partial charge on any atom is -0.352 e. The highest BCUT2D eigenvalue weighted by molar-refractivity contribution is 5.91. The van der Waals surface area contributed by atoms with Crippen LogP contribution < -0.4 is 10.6 Å². The molecule has 0 saturated carbocycles. The maximum absolute atomic E-state index is 5.55. The summed E-state index contributed by atoms with van der Waals surface area (Å²) in [5.41, 5.74) is 5.55. The van der Waals surface area contributed by atoms with E-state index in [0.29, 0.717) is 0 Å². The van der Waals surface area contributed by atoms with Gasteiger partial charge >= 0.3 is 0 Å². The summed E-state index contributed by atoms with van der Waals surface area (Å²) in [6.45, 7) is 6.18. The molecule has 0 spiro atoms. The highest BCUT2D eigenvalue weighted by atomic mass is 15.3. The number of anilines is 1. The molecule has 1 aromatic heterocycles. The fourth-order valence-electron chi connectivity index (χ4n) is 2.91. The summed E-state index contributed by atoms with van der Waals surface area (Å²) >= 11 is 0. The monoisotopic (exact) mass is 285 g/mol. The van der Waals surface area contributed by atoms with Crippen molar-refractivity contribution in [3.8, 4) is 0 Å². The summed E-state index contributed by atoms with van der Waals surface area (Å²) in [6, 6.07) is 8.34. The molecule has 0 atom stereocenters. The molecule has 0 aliphatic carbocycles. The predicted octanol–water partition coefficient (Wildman–Crippen LogP) is 1.49. The Labute approximate surface area is 125 Å². The summed E-state index contributed by atoms with van der Waals surface area (Å²) in [7, 11) is 0. The molecule has 112 valence electrons. The zero-order valence-electron chi connectivity index (χ0n) is 12.4. The number of piperazine rings is 1. The van der Waals surface area contributed by atoms with E-state index in [1.807, 2.05) is 12.3 Å². The number of aromatic nitrogens is 2. The number of unbranched alkanes of at least 4 members (excludes halogenated alkanes) is 1. The molecule has 3 rings (SSSR count). The molecule has 1 aliphatic rings. The van der Waals surface area contributed by atoms with Gasteiger partial charge in [0.2, 0.25) is 0 Å². The normalized spacial score (nSPS) is 16.5. The van der Waals surface area contributed by atoms with Gasteiger partial charge in [-0.05, 0) is 25.9 Å². The van der Waals surface area contributed by atoms with Crippen LogP contribution in [0.4, 0.5) is 5.82 Å². The van der Waals surface area contributed by atoms with Crippen molar-refractivity contribution in [1.29, 1.82) is 0 Å². The van der Waals surface area contributed by atoms with Crippen molar-refractivity contribution in [3.05, 3.63) is 30.5 Å². The van der Waals surface area contributed by atoms with Crippen LogP contribution >= 0.6 is 0 Å². The summed E-state index contributed by atoms with van der Waals surface area (Å²) in [6.07, 6.45) is 4.15. The molecule has 1 aromatic carbocycles. The lowest BCUT2D eigenvalue weighted by atomic mass is 10.1. The van der Waals surface area contributed by atoms with E-state index >= 15 is 0 Å². The fourth-order valence-corrected chi connectivity index (χ4v) is 2.91. The second-order valence-corrected chi connectivity index (χ2v) is 5.58. The molecule has 2 heterocycles. The van der Waals surface area contributed by atoms with Gasteiger partial charge in [0.1, 0.15) is 0 Å². The molecule has 1 aliphatic heterocycles. The largest absolute Gasteiger partial charge is 0.352 e. The third-order valence-electron chi connectivity index (χ3n) is 4.15. The van der Waals surface area contributed by atoms with Gasteiger partial charge in [-0.3, -0.25) is 4.90 Å². The lowest BCUT2D eigenvalue weighted by molar-refractivity contribution is 0.253. The Morgan fingerprint density at radius 2 is 1.86 bits per heavy atom. The predicted molar refractivity (Wildman–Crippen MR) is 86.5 cm³/mol. The Morgan fingerprint density at radius 3 is 2.67 bits per heavy atom. The first-order valence-electron chi connectivity index (χ1n) is 7.76. The van der Waals surface area contributed by atoms with Crippen molar-refractivity contribution in [2.75, 3.05) is 44.2 Å². The molecular formula is C16H23N5. The summed E-state index contributed by atoms with van der Waals surface area (Å²) < 4.78 is 0. The van der Waals surface area contributed by atoms with Crippen LogP contribution in [-0.2, 0) is 0 Å². The van der Waals surface area contributed by atoms with Crippen LogP contribution in [0.15, 0.2) is 30.5 Å². The average Bonchev–Trinajstić information content (AvgIpc) is 2.55. The van der Waals surface area contributed by atoms with Crippen molar-refractivity contribution in [2.45, 2.75) is 12.8 Å². The number of rotatable bonds is 5. The second-order valence-electron chi connectivity index (χ2n) is 5.58. The highest BCUT2D eigenvalue weighted by Crippen LogP contribution is 2.23. The number of nitrogens with two attached hydrogens (primary N) is 1. The highest BCUT2D eigenvalue weighted by Gasteiger charge is 2.19. The lowest BCUT2D eigenvalue weighted by Crippen LogP contribution is -2.47. The van der Waals surface area contributed by atoms with Crippen LogP contribution in [-0.4, -0.2) is 54.4 Å². The van der Waals surface area contributed by atoms with Gasteiger partial charge in [0, 0.05) is 37.0 Å². The molecule has 0 radical (unpaired) electrons. The van der Waals surface area contributed by atoms with Gasteiger partial charge in [-0.1, -0.05) is 24.3 Å². The molecule has 5 heteroatoms. The van der Waals surface area contributed by atoms with Crippen LogP contribution in [0.1, 0.15) is 12.8 Å². The molecule has 2 aromatic rings. The number of hydrogen-bond donors (Lipinski definition) is 1. The quantitative estimate of drug-likeness (QED) is 0.844. The Hall–Kier alpha value is -1.72. The molecule has 0 bridgehead atoms. The van der Waals surface area contributed by atoms with Crippen molar-refractivity contribution in [2.24, 2.45) is 5.73 Å². The number of fused-ring (bicyclic) bond motifs is 1. The Morgan fingerprint density at radius 1 is 1.05 bits per heavy atom. The van der Waals surface area contributed by atoms with Gasteiger partial charge < -0.3 is 10.6 Å². The fraction of sp³-hybridized carbons (Fsp3) is 0.500. The number of hydrogen-bond acceptors (Lipinski definition) is 5. The second kappa shape index (κ2) is 6.83. The van der Waals surface area contributed by atoms with Crippen molar-refractivity contribution in [3.63, 3.8) is 0 Å². The van der Waals surface area contributed by atoms with Gasteiger partial charge in [0.25, 0.3) is 0 Å². The zero-order valence-corrected chi connectivity index (χ0v) is 12.4. The van der Waals surface area contributed by atoms with Crippen LogP contribution in [0.5, 0.6) is 0 Å². The van der Waals surface area contributed by atoms with Crippen LogP contribution in [0, 0.1) is 0 Å². The number of nitrogens with zero attached hydrogens (tertiary/aromatic N) is 4. The van der Waals surface area contributed by atoms with E-state index in [-0.39, 0.29) is 0 Å². The van der Waals surface area contributed by atoms with Crippen LogP contribution in [0.3, 0.4) is 0 Å². The van der Waals surface area contributed by atoms with E-state index in [4.69, 9.17) is 5.73 Å². The standard InChI is InChI=1S/C16H23N5/c17-7-3-4-8-20-9-11-21(12-10-20)16-15-6-2-1-5-14(15)13-18-19-16/h1-2,5-6,13H,3-4,7-12,17H2. The van der Waals surface area contributed by atoms with Crippen molar-refractivity contribution >= 4 is 16.6 Å². The molecule has 21 heavy (non-hydrogen) atoms. The maximum atomic E-state index is 5.55. The van der Waals surface area contributed by atoms with Gasteiger partial charge in [-0.25, -0.2) is 0 Å². The third kappa shape index (κ3) is 3.31. The SMILES string of the molecule is NCCCCN1CCN(c2nncc3ccccc23)CC1. The summed E-state index contributed by atoms with van der Waals surface area (Å²) in [5.74, 6) is 1.02. The van der Waals surface area contributed by atoms with Gasteiger partial charge in [-0.2, -0.15) is 5.10 Å². The summed E-state index contributed by atoms with van der Waals surface area (Å²) in [4.78, 5) is 4.87. The molecule has 0 unspecified atom stereocenters. The Bertz CT molecular complexity index is 572. The van der Waals surface area contributed by atoms with E-state index in [2.05, 4.69) is 38.2 Å². The lowest BCUT2D eigenvalue weighted by Gasteiger charge is -2.35. The summed E-state index contributed by atoms with van der Waals surface area (Å²) in [5, 5.41) is 10.9.